The number of nitrogens with zero attached hydrogens (tertiary/aromatic N) is 1. The third-order valence-electron chi connectivity index (χ3n) is 2.34. The first-order valence-electron chi connectivity index (χ1n) is 4.93. The highest BCUT2D eigenvalue weighted by Gasteiger charge is 2.07. The molecule has 0 amide bonds. The average Bonchev–Trinajstić information content (AvgIpc) is 2.68. The summed E-state index contributed by atoms with van der Waals surface area (Å²) in [6, 6.07) is 9.89. The molecule has 0 saturated heterocycles. The van der Waals surface area contributed by atoms with Gasteiger partial charge in [-0.15, -0.1) is 0 Å². The number of hydrogen-bond donors (Lipinski definition) is 1. The van der Waals surface area contributed by atoms with E-state index in [1.807, 2.05) is 37.3 Å². The molecule has 0 aliphatic rings. The van der Waals surface area contributed by atoms with Crippen LogP contribution in [0.4, 0.5) is 0 Å². The number of hydrogen-bond acceptors (Lipinski definition) is 3. The van der Waals surface area contributed by atoms with Crippen LogP contribution in [0.5, 0.6) is 0 Å². The van der Waals surface area contributed by atoms with Crippen molar-refractivity contribution in [3.63, 3.8) is 0 Å². The molecule has 2 rings (SSSR count). The topological polar surface area (TPSA) is 46.3 Å². The van der Waals surface area contributed by atoms with Crippen LogP contribution in [0.15, 0.2) is 34.9 Å². The summed E-state index contributed by atoms with van der Waals surface area (Å²) in [6.07, 6.45) is 0.513. The Hall–Kier alpha value is -1.61. The minimum absolute atomic E-state index is 0.0857. The molecular weight excluding hydrogens is 190 g/mol. The van der Waals surface area contributed by atoms with Gasteiger partial charge in [0.05, 0.1) is 6.61 Å². The Kier molecular flexibility index (Phi) is 2.83. The maximum absolute atomic E-state index is 8.77. The third-order valence-corrected chi connectivity index (χ3v) is 2.34. The van der Waals surface area contributed by atoms with Gasteiger partial charge in [0, 0.05) is 18.1 Å². The van der Waals surface area contributed by atoms with Crippen LogP contribution in [0.3, 0.4) is 0 Å². The number of benzene rings is 1. The zero-order chi connectivity index (χ0) is 10.7. The number of rotatable bonds is 3. The number of aliphatic hydroxyl groups excluding tert-OH is 1. The molecule has 3 nitrogen and oxygen atoms in total. The van der Waals surface area contributed by atoms with Crippen molar-refractivity contribution >= 4 is 0 Å². The Morgan fingerprint density at radius 2 is 2.13 bits per heavy atom. The molecule has 0 spiro atoms. The Bertz CT molecular complexity index is 448. The Morgan fingerprint density at radius 3 is 2.87 bits per heavy atom. The lowest BCUT2D eigenvalue weighted by molar-refractivity contribution is 0.277. The fourth-order valence-electron chi connectivity index (χ4n) is 1.53. The minimum atomic E-state index is 0.0857. The zero-order valence-corrected chi connectivity index (χ0v) is 8.60. The highest BCUT2D eigenvalue weighted by Crippen LogP contribution is 2.22. The normalized spacial score (nSPS) is 10.5. The van der Waals surface area contributed by atoms with Crippen molar-refractivity contribution in [2.24, 2.45) is 0 Å². The fraction of sp³-hybridized carbons (Fsp3) is 0.250. The summed E-state index contributed by atoms with van der Waals surface area (Å²) in [5, 5.41) is 12.7. The second-order valence-electron chi connectivity index (χ2n) is 3.47. The van der Waals surface area contributed by atoms with Gasteiger partial charge in [-0.1, -0.05) is 29.4 Å². The van der Waals surface area contributed by atoms with E-state index < -0.39 is 0 Å². The number of aryl methyl sites for hydroxylation is 1. The standard InChI is InChI=1S/C12H13NO2/c1-9-4-2-3-5-11(9)12-8-10(6-7-14)15-13-12/h2-5,8,14H,6-7H2,1H3. The van der Waals surface area contributed by atoms with Crippen LogP contribution in [-0.2, 0) is 6.42 Å². The summed E-state index contributed by atoms with van der Waals surface area (Å²) in [6.45, 7) is 2.12. The predicted molar refractivity (Wildman–Crippen MR) is 57.5 cm³/mol. The molecular formula is C12H13NO2. The molecule has 15 heavy (non-hydrogen) atoms. The highest BCUT2D eigenvalue weighted by molar-refractivity contribution is 5.62. The lowest BCUT2D eigenvalue weighted by atomic mass is 10.1. The van der Waals surface area contributed by atoms with Gasteiger partial charge in [-0.25, -0.2) is 0 Å². The maximum atomic E-state index is 8.77. The third kappa shape index (κ3) is 2.07. The summed E-state index contributed by atoms with van der Waals surface area (Å²) in [7, 11) is 0. The largest absolute Gasteiger partial charge is 0.396 e. The first kappa shape index (κ1) is 9.93. The minimum Gasteiger partial charge on any atom is -0.396 e. The maximum Gasteiger partial charge on any atom is 0.139 e. The van der Waals surface area contributed by atoms with Gasteiger partial charge in [0.25, 0.3) is 0 Å². The molecule has 1 heterocycles. The first-order chi connectivity index (χ1) is 7.31. The molecule has 0 aliphatic heterocycles. The molecule has 2 aromatic rings. The first-order valence-corrected chi connectivity index (χ1v) is 4.93. The second kappa shape index (κ2) is 4.28. The smallest absolute Gasteiger partial charge is 0.139 e. The molecule has 0 fully saturated rings. The van der Waals surface area contributed by atoms with Crippen molar-refractivity contribution in [3.8, 4) is 11.3 Å². The van der Waals surface area contributed by atoms with Gasteiger partial charge >= 0.3 is 0 Å². The van der Waals surface area contributed by atoms with Gasteiger partial charge in [0.15, 0.2) is 0 Å². The Morgan fingerprint density at radius 1 is 1.33 bits per heavy atom. The van der Waals surface area contributed by atoms with Crippen LogP contribution in [0, 0.1) is 6.92 Å². The van der Waals surface area contributed by atoms with Crippen molar-refractivity contribution in [2.45, 2.75) is 13.3 Å². The molecule has 0 saturated carbocycles. The lowest BCUT2D eigenvalue weighted by Crippen LogP contribution is -1.86. The second-order valence-corrected chi connectivity index (χ2v) is 3.47. The molecule has 0 atom stereocenters. The van der Waals surface area contributed by atoms with Crippen LogP contribution in [0.2, 0.25) is 0 Å². The van der Waals surface area contributed by atoms with E-state index in [9.17, 15) is 0 Å². The van der Waals surface area contributed by atoms with E-state index >= 15 is 0 Å². The Balaban J connectivity index is 2.33. The molecule has 0 bridgehead atoms. The predicted octanol–water partition coefficient (Wildman–Crippen LogP) is 2.18. The van der Waals surface area contributed by atoms with E-state index in [0.717, 1.165) is 17.0 Å². The highest BCUT2D eigenvalue weighted by atomic mass is 16.5. The molecule has 1 N–H and O–H groups in total. The zero-order valence-electron chi connectivity index (χ0n) is 8.60. The van der Waals surface area contributed by atoms with Gasteiger partial charge in [-0.2, -0.15) is 0 Å². The van der Waals surface area contributed by atoms with E-state index in [1.54, 1.807) is 0 Å². The number of aromatic nitrogens is 1. The average molecular weight is 203 g/mol. The molecule has 1 aromatic heterocycles. The van der Waals surface area contributed by atoms with Crippen molar-refractivity contribution in [1.82, 2.24) is 5.16 Å². The molecule has 3 heteroatoms. The van der Waals surface area contributed by atoms with Crippen LogP contribution in [0.1, 0.15) is 11.3 Å². The molecule has 0 unspecified atom stereocenters. The monoisotopic (exact) mass is 203 g/mol. The van der Waals surface area contributed by atoms with Crippen LogP contribution < -0.4 is 0 Å². The van der Waals surface area contributed by atoms with E-state index in [4.69, 9.17) is 9.63 Å². The van der Waals surface area contributed by atoms with Crippen LogP contribution in [-0.4, -0.2) is 16.9 Å². The van der Waals surface area contributed by atoms with Gasteiger partial charge < -0.3 is 9.63 Å². The van der Waals surface area contributed by atoms with Crippen LogP contribution in [0.25, 0.3) is 11.3 Å². The summed E-state index contributed by atoms with van der Waals surface area (Å²) >= 11 is 0. The van der Waals surface area contributed by atoms with E-state index in [-0.39, 0.29) is 6.61 Å². The van der Waals surface area contributed by atoms with Gasteiger partial charge in [0.1, 0.15) is 11.5 Å². The molecule has 0 radical (unpaired) electrons. The SMILES string of the molecule is Cc1ccccc1-c1cc(CCO)on1. The quantitative estimate of drug-likeness (QED) is 0.831. The molecule has 78 valence electrons. The fourth-order valence-corrected chi connectivity index (χ4v) is 1.53. The van der Waals surface area contributed by atoms with E-state index in [2.05, 4.69) is 5.16 Å². The molecule has 0 aliphatic carbocycles. The van der Waals surface area contributed by atoms with Gasteiger partial charge in [-0.3, -0.25) is 0 Å². The molecule has 1 aromatic carbocycles. The van der Waals surface area contributed by atoms with Crippen molar-refractivity contribution in [3.05, 3.63) is 41.7 Å². The van der Waals surface area contributed by atoms with E-state index in [0.29, 0.717) is 6.42 Å². The van der Waals surface area contributed by atoms with Crippen molar-refractivity contribution < 1.29 is 9.63 Å². The van der Waals surface area contributed by atoms with Gasteiger partial charge in [0.2, 0.25) is 0 Å². The summed E-state index contributed by atoms with van der Waals surface area (Å²) < 4.78 is 5.10. The van der Waals surface area contributed by atoms with Crippen molar-refractivity contribution in [1.29, 1.82) is 0 Å². The number of aliphatic hydroxyl groups is 1. The summed E-state index contributed by atoms with van der Waals surface area (Å²) in [4.78, 5) is 0. The van der Waals surface area contributed by atoms with Crippen molar-refractivity contribution in [2.75, 3.05) is 6.61 Å². The summed E-state index contributed by atoms with van der Waals surface area (Å²) in [5.74, 6) is 0.718. The summed E-state index contributed by atoms with van der Waals surface area (Å²) in [5.41, 5.74) is 3.07. The Labute approximate surface area is 88.3 Å². The van der Waals surface area contributed by atoms with Crippen LogP contribution >= 0.6 is 0 Å². The van der Waals surface area contributed by atoms with E-state index in [1.165, 1.54) is 5.56 Å². The van der Waals surface area contributed by atoms with Gasteiger partial charge in [-0.05, 0) is 12.5 Å². The lowest BCUT2D eigenvalue weighted by Gasteiger charge is -1.98.